The summed E-state index contributed by atoms with van der Waals surface area (Å²) < 4.78 is 2.02. The van der Waals surface area contributed by atoms with Crippen molar-refractivity contribution in [2.45, 2.75) is 58.6 Å². The molecule has 5 heteroatoms. The lowest BCUT2D eigenvalue weighted by atomic mass is 9.95. The third kappa shape index (κ3) is 5.67. The lowest BCUT2D eigenvalue weighted by Gasteiger charge is -2.32. The number of aromatic nitrogens is 2. The second-order valence-electron chi connectivity index (χ2n) is 8.48. The zero-order chi connectivity index (χ0) is 19.4. The van der Waals surface area contributed by atoms with E-state index in [0.29, 0.717) is 12.3 Å². The second kappa shape index (κ2) is 8.26. The predicted molar refractivity (Wildman–Crippen MR) is 107 cm³/mol. The van der Waals surface area contributed by atoms with E-state index < -0.39 is 5.60 Å². The molecule has 1 saturated heterocycles. The van der Waals surface area contributed by atoms with Crippen LogP contribution in [0.4, 0.5) is 0 Å². The first-order valence-corrected chi connectivity index (χ1v) is 9.90. The molecule has 1 aromatic heterocycles. The van der Waals surface area contributed by atoms with E-state index in [4.69, 9.17) is 0 Å². The van der Waals surface area contributed by atoms with Crippen LogP contribution < -0.4 is 0 Å². The molecular formula is C22H31N3O2. The van der Waals surface area contributed by atoms with Crippen molar-refractivity contribution >= 4 is 5.91 Å². The van der Waals surface area contributed by atoms with E-state index in [-0.39, 0.29) is 5.91 Å². The van der Waals surface area contributed by atoms with E-state index in [1.807, 2.05) is 53.9 Å². The minimum Gasteiger partial charge on any atom is -0.390 e. The molecule has 1 N–H and O–H groups in total. The Balaban J connectivity index is 1.50. The number of benzene rings is 1. The van der Waals surface area contributed by atoms with Gasteiger partial charge in [-0.05, 0) is 75.6 Å². The van der Waals surface area contributed by atoms with Crippen LogP contribution in [0.2, 0.25) is 0 Å². The van der Waals surface area contributed by atoms with Crippen LogP contribution in [0, 0.1) is 12.8 Å². The molecule has 0 spiro atoms. The van der Waals surface area contributed by atoms with Gasteiger partial charge in [-0.15, -0.1) is 0 Å². The zero-order valence-electron chi connectivity index (χ0n) is 16.7. The predicted octanol–water partition coefficient (Wildman–Crippen LogP) is 3.45. The molecular weight excluding hydrogens is 338 g/mol. The fourth-order valence-electron chi connectivity index (χ4n) is 3.60. The van der Waals surface area contributed by atoms with E-state index in [1.54, 1.807) is 0 Å². The highest BCUT2D eigenvalue weighted by Gasteiger charge is 2.24. The Morgan fingerprint density at radius 2 is 1.89 bits per heavy atom. The monoisotopic (exact) mass is 369 g/mol. The minimum atomic E-state index is -0.659. The number of piperidine rings is 1. The zero-order valence-corrected chi connectivity index (χ0v) is 16.7. The summed E-state index contributed by atoms with van der Waals surface area (Å²) in [5, 5.41) is 14.2. The summed E-state index contributed by atoms with van der Waals surface area (Å²) in [5.41, 5.74) is 2.44. The first-order valence-electron chi connectivity index (χ1n) is 9.90. The Kier molecular flexibility index (Phi) is 6.00. The number of hydrogen-bond donors (Lipinski definition) is 1. The molecule has 2 aromatic rings. The van der Waals surface area contributed by atoms with E-state index in [0.717, 1.165) is 50.0 Å². The molecule has 1 aromatic carbocycles. The van der Waals surface area contributed by atoms with E-state index in [9.17, 15) is 9.90 Å². The lowest BCUT2D eigenvalue weighted by Crippen LogP contribution is -2.39. The van der Waals surface area contributed by atoms with Crippen molar-refractivity contribution in [1.29, 1.82) is 0 Å². The van der Waals surface area contributed by atoms with Crippen LogP contribution in [-0.2, 0) is 13.0 Å². The van der Waals surface area contributed by atoms with Gasteiger partial charge in [0.1, 0.15) is 0 Å². The van der Waals surface area contributed by atoms with Crippen LogP contribution >= 0.6 is 0 Å². The molecule has 1 amide bonds. The molecule has 1 aliphatic heterocycles. The molecule has 0 bridgehead atoms. The quantitative estimate of drug-likeness (QED) is 0.848. The van der Waals surface area contributed by atoms with Gasteiger partial charge in [-0.2, -0.15) is 5.10 Å². The van der Waals surface area contributed by atoms with E-state index in [2.05, 4.69) is 18.2 Å². The van der Waals surface area contributed by atoms with E-state index in [1.165, 1.54) is 5.56 Å². The summed E-state index contributed by atoms with van der Waals surface area (Å²) in [6.07, 6.45) is 7.54. The molecule has 1 aliphatic rings. The topological polar surface area (TPSA) is 58.4 Å². The third-order valence-electron chi connectivity index (χ3n) is 5.34. The molecule has 0 aliphatic carbocycles. The summed E-state index contributed by atoms with van der Waals surface area (Å²) >= 11 is 0. The summed E-state index contributed by atoms with van der Waals surface area (Å²) in [7, 11) is 0. The lowest BCUT2D eigenvalue weighted by molar-refractivity contribution is 0.0678. The molecule has 0 unspecified atom stereocenters. The van der Waals surface area contributed by atoms with Crippen molar-refractivity contribution in [3.8, 4) is 0 Å². The number of carbonyl (C=O) groups is 1. The average molecular weight is 370 g/mol. The van der Waals surface area contributed by atoms with Crippen LogP contribution in [0.3, 0.4) is 0 Å². The number of likely N-dealkylation sites (tertiary alicyclic amines) is 1. The van der Waals surface area contributed by atoms with Gasteiger partial charge in [0.15, 0.2) is 0 Å². The summed E-state index contributed by atoms with van der Waals surface area (Å²) in [4.78, 5) is 14.7. The minimum absolute atomic E-state index is 0.123. The Hall–Kier alpha value is -2.14. The maximum absolute atomic E-state index is 12.8. The Labute approximate surface area is 162 Å². The average Bonchev–Trinajstić information content (AvgIpc) is 3.05. The summed E-state index contributed by atoms with van der Waals surface area (Å²) in [5.74, 6) is 0.704. The molecule has 5 nitrogen and oxygen atoms in total. The molecule has 3 rings (SSSR count). The number of nitrogens with zero attached hydrogens (tertiary/aromatic N) is 3. The van der Waals surface area contributed by atoms with Gasteiger partial charge in [0.25, 0.3) is 5.91 Å². The summed E-state index contributed by atoms with van der Waals surface area (Å²) in [6, 6.07) is 7.85. The molecule has 0 saturated carbocycles. The highest BCUT2D eigenvalue weighted by Crippen LogP contribution is 2.21. The SMILES string of the molecule is Cc1cnn(CC2CCN(C(=O)c3ccc(CCC(C)(C)O)cc3)CC2)c1. The Bertz CT molecular complexity index is 751. The smallest absolute Gasteiger partial charge is 0.253 e. The van der Waals surface area contributed by atoms with Gasteiger partial charge in [-0.25, -0.2) is 0 Å². The van der Waals surface area contributed by atoms with Gasteiger partial charge in [0, 0.05) is 31.4 Å². The van der Waals surface area contributed by atoms with Crippen molar-refractivity contribution in [1.82, 2.24) is 14.7 Å². The van der Waals surface area contributed by atoms with Gasteiger partial charge in [-0.1, -0.05) is 12.1 Å². The summed E-state index contributed by atoms with van der Waals surface area (Å²) in [6.45, 7) is 8.25. The van der Waals surface area contributed by atoms with Crippen LogP contribution in [0.25, 0.3) is 0 Å². The number of aliphatic hydroxyl groups is 1. The van der Waals surface area contributed by atoms with Crippen LogP contribution in [0.5, 0.6) is 0 Å². The first-order chi connectivity index (χ1) is 12.8. The second-order valence-corrected chi connectivity index (χ2v) is 8.48. The van der Waals surface area contributed by atoms with Crippen molar-refractivity contribution in [2.75, 3.05) is 13.1 Å². The molecule has 1 fully saturated rings. The number of hydrogen-bond acceptors (Lipinski definition) is 3. The number of carbonyl (C=O) groups excluding carboxylic acids is 1. The third-order valence-corrected chi connectivity index (χ3v) is 5.34. The first kappa shape index (κ1) is 19.6. The highest BCUT2D eigenvalue weighted by molar-refractivity contribution is 5.94. The normalized spacial score (nSPS) is 15.9. The molecule has 0 radical (unpaired) electrons. The van der Waals surface area contributed by atoms with Gasteiger partial charge in [0.05, 0.1) is 11.8 Å². The highest BCUT2D eigenvalue weighted by atomic mass is 16.3. The van der Waals surface area contributed by atoms with Gasteiger partial charge >= 0.3 is 0 Å². The number of amides is 1. The van der Waals surface area contributed by atoms with Gasteiger partial charge in [0.2, 0.25) is 0 Å². The maximum atomic E-state index is 12.8. The van der Waals surface area contributed by atoms with E-state index >= 15 is 0 Å². The van der Waals surface area contributed by atoms with Gasteiger partial charge in [-0.3, -0.25) is 9.48 Å². The van der Waals surface area contributed by atoms with Gasteiger partial charge < -0.3 is 10.0 Å². The standard InChI is InChI=1S/C22H31N3O2/c1-17-14-23-25(15-17)16-19-9-12-24(13-10-19)21(26)20-6-4-18(5-7-20)8-11-22(2,3)27/h4-7,14-15,19,27H,8-13,16H2,1-3H3. The van der Waals surface area contributed by atoms with Crippen LogP contribution in [0.15, 0.2) is 36.7 Å². The fourth-order valence-corrected chi connectivity index (χ4v) is 3.60. The number of rotatable bonds is 6. The van der Waals surface area contributed by atoms with Crippen LogP contribution in [-0.4, -0.2) is 44.4 Å². The Morgan fingerprint density at radius 1 is 1.22 bits per heavy atom. The Morgan fingerprint density at radius 3 is 2.44 bits per heavy atom. The van der Waals surface area contributed by atoms with Crippen molar-refractivity contribution < 1.29 is 9.90 Å². The largest absolute Gasteiger partial charge is 0.390 e. The molecule has 27 heavy (non-hydrogen) atoms. The van der Waals surface area contributed by atoms with Crippen molar-refractivity contribution in [3.63, 3.8) is 0 Å². The molecule has 2 heterocycles. The van der Waals surface area contributed by atoms with Crippen LogP contribution in [0.1, 0.15) is 54.6 Å². The fraction of sp³-hybridized carbons (Fsp3) is 0.545. The maximum Gasteiger partial charge on any atom is 0.253 e. The van der Waals surface area contributed by atoms with Crippen molar-refractivity contribution in [2.24, 2.45) is 5.92 Å². The molecule has 0 atom stereocenters. The van der Waals surface area contributed by atoms with Crippen molar-refractivity contribution in [3.05, 3.63) is 53.3 Å². The molecule has 146 valence electrons. The number of aryl methyl sites for hydroxylation is 2.